The molecule has 3 nitrogen and oxygen atoms in total. The SMILES string of the molecule is C=C(C)/C=C(\CC)NC(C)C.C=C1NC(=O)CCC1C. The van der Waals surface area contributed by atoms with Crippen LogP contribution in [0.3, 0.4) is 0 Å². The molecule has 1 saturated heterocycles. The molecule has 2 N–H and O–H groups in total. The van der Waals surface area contributed by atoms with Crippen molar-refractivity contribution < 1.29 is 4.79 Å². The zero-order chi connectivity index (χ0) is 15.7. The summed E-state index contributed by atoms with van der Waals surface area (Å²) >= 11 is 0. The lowest BCUT2D eigenvalue weighted by Gasteiger charge is -2.20. The van der Waals surface area contributed by atoms with E-state index in [-0.39, 0.29) is 5.91 Å². The molecule has 1 aliphatic rings. The fourth-order valence-electron chi connectivity index (χ4n) is 1.80. The van der Waals surface area contributed by atoms with Gasteiger partial charge >= 0.3 is 0 Å². The van der Waals surface area contributed by atoms with Gasteiger partial charge in [0.05, 0.1) is 0 Å². The van der Waals surface area contributed by atoms with Crippen LogP contribution in [0.1, 0.15) is 53.9 Å². The molecule has 0 bridgehead atoms. The fraction of sp³-hybridized carbons (Fsp3) is 0.588. The van der Waals surface area contributed by atoms with Crippen LogP contribution >= 0.6 is 0 Å². The van der Waals surface area contributed by atoms with Crippen LogP contribution < -0.4 is 10.6 Å². The second-order valence-corrected chi connectivity index (χ2v) is 5.68. The summed E-state index contributed by atoms with van der Waals surface area (Å²) in [6.45, 7) is 18.1. The average Bonchev–Trinajstić information content (AvgIpc) is 2.33. The topological polar surface area (TPSA) is 41.1 Å². The second kappa shape index (κ2) is 9.40. The lowest BCUT2D eigenvalue weighted by molar-refractivity contribution is -0.121. The van der Waals surface area contributed by atoms with Crippen molar-refractivity contribution in [3.8, 4) is 0 Å². The van der Waals surface area contributed by atoms with Gasteiger partial charge in [-0.05, 0) is 45.6 Å². The second-order valence-electron chi connectivity index (χ2n) is 5.68. The Labute approximate surface area is 124 Å². The Hall–Kier alpha value is -1.51. The molecule has 0 aromatic rings. The number of amides is 1. The molecule has 1 amide bonds. The zero-order valence-electron chi connectivity index (χ0n) is 13.7. The van der Waals surface area contributed by atoms with Crippen molar-refractivity contribution in [3.63, 3.8) is 0 Å². The first-order chi connectivity index (χ1) is 9.26. The molecule has 1 aliphatic heterocycles. The van der Waals surface area contributed by atoms with Crippen LogP contribution in [0.25, 0.3) is 0 Å². The quantitative estimate of drug-likeness (QED) is 0.766. The smallest absolute Gasteiger partial charge is 0.224 e. The molecule has 3 heteroatoms. The van der Waals surface area contributed by atoms with Gasteiger partial charge in [0.15, 0.2) is 0 Å². The van der Waals surface area contributed by atoms with Gasteiger partial charge in [0, 0.05) is 23.9 Å². The van der Waals surface area contributed by atoms with Gasteiger partial charge in [-0.25, -0.2) is 0 Å². The van der Waals surface area contributed by atoms with E-state index in [0.29, 0.717) is 18.4 Å². The van der Waals surface area contributed by atoms with Gasteiger partial charge in [0.1, 0.15) is 0 Å². The molecule has 1 atom stereocenters. The normalized spacial score (nSPS) is 19.1. The first-order valence-electron chi connectivity index (χ1n) is 7.37. The van der Waals surface area contributed by atoms with Gasteiger partial charge in [-0.2, -0.15) is 0 Å². The van der Waals surface area contributed by atoms with Crippen LogP contribution in [0.4, 0.5) is 0 Å². The van der Waals surface area contributed by atoms with Gasteiger partial charge < -0.3 is 10.6 Å². The minimum absolute atomic E-state index is 0.109. The predicted octanol–water partition coefficient (Wildman–Crippen LogP) is 3.90. The molecular formula is C17H30N2O. The van der Waals surface area contributed by atoms with Crippen molar-refractivity contribution in [3.05, 3.63) is 36.2 Å². The van der Waals surface area contributed by atoms with Crippen LogP contribution in [0, 0.1) is 5.92 Å². The number of hydrogen-bond acceptors (Lipinski definition) is 2. The minimum Gasteiger partial charge on any atom is -0.386 e. The molecule has 0 spiro atoms. The monoisotopic (exact) mass is 278 g/mol. The summed E-state index contributed by atoms with van der Waals surface area (Å²) in [6, 6.07) is 0.514. The van der Waals surface area contributed by atoms with Crippen LogP contribution in [-0.2, 0) is 4.79 Å². The number of rotatable bonds is 4. The maximum atomic E-state index is 10.6. The summed E-state index contributed by atoms with van der Waals surface area (Å²) in [7, 11) is 0. The van der Waals surface area contributed by atoms with Crippen LogP contribution in [0.5, 0.6) is 0 Å². The molecule has 0 radical (unpaired) electrons. The van der Waals surface area contributed by atoms with E-state index >= 15 is 0 Å². The maximum absolute atomic E-state index is 10.6. The molecule has 0 aromatic carbocycles. The highest BCUT2D eigenvalue weighted by molar-refractivity contribution is 5.78. The largest absolute Gasteiger partial charge is 0.386 e. The minimum atomic E-state index is 0.109. The fourth-order valence-corrected chi connectivity index (χ4v) is 1.80. The van der Waals surface area contributed by atoms with Crippen molar-refractivity contribution in [2.75, 3.05) is 0 Å². The number of hydrogen-bond donors (Lipinski definition) is 2. The summed E-state index contributed by atoms with van der Waals surface area (Å²) < 4.78 is 0. The Morgan fingerprint density at radius 3 is 2.50 bits per heavy atom. The highest BCUT2D eigenvalue weighted by atomic mass is 16.1. The summed E-state index contributed by atoms with van der Waals surface area (Å²) in [5.74, 6) is 0.570. The number of carbonyl (C=O) groups is 1. The van der Waals surface area contributed by atoms with E-state index in [9.17, 15) is 4.79 Å². The number of carbonyl (C=O) groups excluding carboxylic acids is 1. The molecular weight excluding hydrogens is 248 g/mol. The van der Waals surface area contributed by atoms with E-state index in [4.69, 9.17) is 0 Å². The summed E-state index contributed by atoms with van der Waals surface area (Å²) in [6.07, 6.45) is 4.75. The molecule has 1 fully saturated rings. The van der Waals surface area contributed by atoms with E-state index in [1.165, 1.54) is 5.70 Å². The number of allylic oxidation sites excluding steroid dienone is 4. The van der Waals surface area contributed by atoms with Crippen molar-refractivity contribution >= 4 is 5.91 Å². The van der Waals surface area contributed by atoms with Crippen molar-refractivity contribution in [2.45, 2.75) is 59.9 Å². The van der Waals surface area contributed by atoms with E-state index in [1.807, 2.05) is 6.92 Å². The first-order valence-corrected chi connectivity index (χ1v) is 7.37. The van der Waals surface area contributed by atoms with Gasteiger partial charge in [0.25, 0.3) is 0 Å². The Kier molecular flexibility index (Phi) is 8.69. The van der Waals surface area contributed by atoms with E-state index in [0.717, 1.165) is 24.1 Å². The standard InChI is InChI=1S/C10H19N.C7H11NO/c1-6-10(7-8(2)3)11-9(4)5;1-5-3-4-7(9)8-6(5)2/h7,9,11H,2,6H2,1,3-5H3;5H,2-4H2,1H3,(H,8,9)/b10-7+;. The third-order valence-corrected chi connectivity index (χ3v) is 2.97. The van der Waals surface area contributed by atoms with Crippen LogP contribution in [0.15, 0.2) is 36.2 Å². The molecule has 20 heavy (non-hydrogen) atoms. The van der Waals surface area contributed by atoms with Crippen molar-refractivity contribution in [2.24, 2.45) is 5.92 Å². The van der Waals surface area contributed by atoms with E-state index in [1.54, 1.807) is 0 Å². The highest BCUT2D eigenvalue weighted by Crippen LogP contribution is 2.16. The van der Waals surface area contributed by atoms with Crippen LogP contribution in [-0.4, -0.2) is 11.9 Å². The lowest BCUT2D eigenvalue weighted by atomic mass is 9.98. The van der Waals surface area contributed by atoms with Gasteiger partial charge in [-0.1, -0.05) is 32.6 Å². The molecule has 0 aromatic heterocycles. The molecule has 1 heterocycles. The zero-order valence-corrected chi connectivity index (χ0v) is 13.7. The van der Waals surface area contributed by atoms with Gasteiger partial charge in [-0.3, -0.25) is 4.79 Å². The number of piperidine rings is 1. The van der Waals surface area contributed by atoms with Gasteiger partial charge in [0.2, 0.25) is 5.91 Å². The van der Waals surface area contributed by atoms with Crippen molar-refractivity contribution in [1.29, 1.82) is 0 Å². The van der Waals surface area contributed by atoms with Crippen molar-refractivity contribution in [1.82, 2.24) is 10.6 Å². The predicted molar refractivity (Wildman–Crippen MR) is 87.1 cm³/mol. The first kappa shape index (κ1) is 18.5. The number of nitrogens with one attached hydrogen (secondary N) is 2. The van der Waals surface area contributed by atoms with E-state index < -0.39 is 0 Å². The maximum Gasteiger partial charge on any atom is 0.224 e. The van der Waals surface area contributed by atoms with E-state index in [2.05, 4.69) is 57.6 Å². The Morgan fingerprint density at radius 1 is 1.55 bits per heavy atom. The molecule has 1 rings (SSSR count). The third-order valence-electron chi connectivity index (χ3n) is 2.97. The summed E-state index contributed by atoms with van der Waals surface area (Å²) in [5, 5.41) is 6.06. The third kappa shape index (κ3) is 8.57. The average molecular weight is 278 g/mol. The molecule has 0 aliphatic carbocycles. The highest BCUT2D eigenvalue weighted by Gasteiger charge is 2.16. The Morgan fingerprint density at radius 2 is 2.15 bits per heavy atom. The van der Waals surface area contributed by atoms with Crippen LogP contribution in [0.2, 0.25) is 0 Å². The Balaban J connectivity index is 0.000000367. The molecule has 1 unspecified atom stereocenters. The lowest BCUT2D eigenvalue weighted by Crippen LogP contribution is -2.30. The summed E-state index contributed by atoms with van der Waals surface area (Å²) in [4.78, 5) is 10.6. The molecule has 0 saturated carbocycles. The van der Waals surface area contributed by atoms with Gasteiger partial charge in [-0.15, -0.1) is 0 Å². The summed E-state index contributed by atoms with van der Waals surface area (Å²) in [5.41, 5.74) is 3.24. The Bertz CT molecular complexity index is 380. The molecule has 114 valence electrons.